The molecule has 2 aromatic carbocycles. The summed E-state index contributed by atoms with van der Waals surface area (Å²) in [6, 6.07) is 12.9. The number of nitrogens with two attached hydrogens (primary N) is 1. The van der Waals surface area contributed by atoms with E-state index in [0.717, 1.165) is 28.1 Å². The maximum Gasteiger partial charge on any atom is 0.243 e. The van der Waals surface area contributed by atoms with Crippen LogP contribution in [0.1, 0.15) is 16.7 Å². The summed E-state index contributed by atoms with van der Waals surface area (Å²) in [7, 11) is 3.41. The fourth-order valence-electron chi connectivity index (χ4n) is 2.73. The van der Waals surface area contributed by atoms with Crippen LogP contribution in [-0.4, -0.2) is 26.1 Å². The molecule has 4 heteroatoms. The normalized spacial score (nSPS) is 11.9. The molecule has 1 amide bonds. The fourth-order valence-corrected chi connectivity index (χ4v) is 2.73. The number of amides is 1. The molecule has 2 rings (SSSR count). The molecule has 4 nitrogen and oxygen atoms in total. The van der Waals surface area contributed by atoms with Gasteiger partial charge in [-0.3, -0.25) is 4.79 Å². The number of hydrogen-bond donors (Lipinski definition) is 1. The monoisotopic (exact) mass is 312 g/mol. The molecule has 0 aromatic heterocycles. The molecule has 122 valence electrons. The molecule has 1 unspecified atom stereocenters. The number of rotatable bonds is 5. The number of carbonyl (C=O) groups excluding carboxylic acids is 1. The second-order valence-corrected chi connectivity index (χ2v) is 5.78. The molecule has 0 spiro atoms. The molecular weight excluding hydrogens is 288 g/mol. The van der Waals surface area contributed by atoms with Crippen LogP contribution in [0.2, 0.25) is 0 Å². The van der Waals surface area contributed by atoms with Gasteiger partial charge >= 0.3 is 0 Å². The van der Waals surface area contributed by atoms with Gasteiger partial charge in [0.25, 0.3) is 0 Å². The molecule has 2 aromatic rings. The van der Waals surface area contributed by atoms with Crippen LogP contribution in [0.3, 0.4) is 0 Å². The molecule has 0 saturated heterocycles. The van der Waals surface area contributed by atoms with Crippen LogP contribution in [0.4, 0.5) is 5.69 Å². The standard InChI is InChI=1S/C19H24N2O2/c1-13-10-16(23-4)11-14(2)17(13)12-18(20)19(22)21(3)15-8-6-5-7-9-15/h5-11,18H,12,20H2,1-4H3. The SMILES string of the molecule is COc1cc(C)c(CC(N)C(=O)N(C)c2ccccc2)c(C)c1. The predicted molar refractivity (Wildman–Crippen MR) is 94.0 cm³/mol. The van der Waals surface area contributed by atoms with Crippen molar-refractivity contribution in [1.29, 1.82) is 0 Å². The molecule has 0 heterocycles. The summed E-state index contributed by atoms with van der Waals surface area (Å²) in [5.41, 5.74) is 10.3. The van der Waals surface area contributed by atoms with Crippen molar-refractivity contribution in [2.45, 2.75) is 26.3 Å². The zero-order valence-corrected chi connectivity index (χ0v) is 14.2. The minimum atomic E-state index is -0.578. The second-order valence-electron chi connectivity index (χ2n) is 5.78. The smallest absolute Gasteiger partial charge is 0.243 e. The minimum absolute atomic E-state index is 0.0918. The Labute approximate surface area is 137 Å². The average molecular weight is 312 g/mol. The van der Waals surface area contributed by atoms with E-state index in [9.17, 15) is 4.79 Å². The third-order valence-corrected chi connectivity index (χ3v) is 4.12. The van der Waals surface area contributed by atoms with Gasteiger partial charge in [0.15, 0.2) is 0 Å². The Morgan fingerprint density at radius 2 is 1.74 bits per heavy atom. The van der Waals surface area contributed by atoms with E-state index in [0.29, 0.717) is 6.42 Å². The van der Waals surface area contributed by atoms with Gasteiger partial charge in [-0.2, -0.15) is 0 Å². The highest BCUT2D eigenvalue weighted by Crippen LogP contribution is 2.23. The van der Waals surface area contributed by atoms with Crippen molar-refractivity contribution in [1.82, 2.24) is 0 Å². The number of methoxy groups -OCH3 is 1. The number of likely N-dealkylation sites (N-methyl/N-ethyl adjacent to an activating group) is 1. The number of ether oxygens (including phenoxy) is 1. The Morgan fingerprint density at radius 3 is 2.26 bits per heavy atom. The predicted octanol–water partition coefficient (Wildman–Crippen LogP) is 2.84. The number of aryl methyl sites for hydroxylation is 2. The van der Waals surface area contributed by atoms with Crippen LogP contribution in [0.25, 0.3) is 0 Å². The van der Waals surface area contributed by atoms with E-state index in [1.54, 1.807) is 19.1 Å². The number of benzene rings is 2. The van der Waals surface area contributed by atoms with Crippen molar-refractivity contribution in [3.8, 4) is 5.75 Å². The van der Waals surface area contributed by atoms with Crippen LogP contribution in [0.5, 0.6) is 5.75 Å². The van der Waals surface area contributed by atoms with Crippen LogP contribution in [0.15, 0.2) is 42.5 Å². The lowest BCUT2D eigenvalue weighted by Crippen LogP contribution is -2.43. The molecule has 1 atom stereocenters. The van der Waals surface area contributed by atoms with E-state index in [1.807, 2.05) is 56.3 Å². The zero-order valence-electron chi connectivity index (χ0n) is 14.2. The Hall–Kier alpha value is -2.33. The third-order valence-electron chi connectivity index (χ3n) is 4.12. The lowest BCUT2D eigenvalue weighted by molar-refractivity contribution is -0.119. The fraction of sp³-hybridized carbons (Fsp3) is 0.316. The summed E-state index contributed by atoms with van der Waals surface area (Å²) in [5, 5.41) is 0. The molecule has 0 aliphatic heterocycles. The van der Waals surface area contributed by atoms with Crippen molar-refractivity contribution >= 4 is 11.6 Å². The molecule has 23 heavy (non-hydrogen) atoms. The summed E-state index contributed by atoms with van der Waals surface area (Å²) in [4.78, 5) is 14.2. The molecule has 0 fully saturated rings. The van der Waals surface area contributed by atoms with E-state index in [2.05, 4.69) is 0 Å². The lowest BCUT2D eigenvalue weighted by Gasteiger charge is -2.22. The summed E-state index contributed by atoms with van der Waals surface area (Å²) < 4.78 is 5.27. The first-order valence-corrected chi connectivity index (χ1v) is 7.66. The Kier molecular flexibility index (Phi) is 5.40. The Morgan fingerprint density at radius 1 is 1.17 bits per heavy atom. The van der Waals surface area contributed by atoms with E-state index in [-0.39, 0.29) is 5.91 Å². The van der Waals surface area contributed by atoms with Crippen LogP contribution in [0, 0.1) is 13.8 Å². The van der Waals surface area contributed by atoms with Crippen molar-refractivity contribution in [3.63, 3.8) is 0 Å². The maximum absolute atomic E-state index is 12.6. The first kappa shape index (κ1) is 17.0. The number of anilines is 1. The van der Waals surface area contributed by atoms with Crippen LogP contribution < -0.4 is 15.4 Å². The molecule has 2 N–H and O–H groups in total. The van der Waals surface area contributed by atoms with Gasteiger partial charge in [-0.05, 0) is 61.2 Å². The van der Waals surface area contributed by atoms with Crippen molar-refractivity contribution < 1.29 is 9.53 Å². The molecule has 0 aliphatic rings. The topological polar surface area (TPSA) is 55.6 Å². The molecule has 0 radical (unpaired) electrons. The van der Waals surface area contributed by atoms with Gasteiger partial charge in [-0.25, -0.2) is 0 Å². The van der Waals surface area contributed by atoms with Gasteiger partial charge < -0.3 is 15.4 Å². The highest BCUT2D eigenvalue weighted by atomic mass is 16.5. The Balaban J connectivity index is 2.16. The molecule has 0 saturated carbocycles. The number of hydrogen-bond acceptors (Lipinski definition) is 3. The highest BCUT2D eigenvalue weighted by molar-refractivity contribution is 5.96. The Bertz CT molecular complexity index is 660. The van der Waals surface area contributed by atoms with Crippen molar-refractivity contribution in [2.24, 2.45) is 5.73 Å². The average Bonchev–Trinajstić information content (AvgIpc) is 2.57. The maximum atomic E-state index is 12.6. The number of nitrogens with zero attached hydrogens (tertiary/aromatic N) is 1. The van der Waals surface area contributed by atoms with Gasteiger partial charge in [0, 0.05) is 12.7 Å². The quantitative estimate of drug-likeness (QED) is 0.923. The highest BCUT2D eigenvalue weighted by Gasteiger charge is 2.21. The summed E-state index contributed by atoms with van der Waals surface area (Å²) in [6.45, 7) is 4.03. The number of carbonyl (C=O) groups is 1. The van der Waals surface area contributed by atoms with E-state index in [1.165, 1.54) is 0 Å². The van der Waals surface area contributed by atoms with Gasteiger partial charge in [0.1, 0.15) is 5.75 Å². The van der Waals surface area contributed by atoms with Gasteiger partial charge in [0.05, 0.1) is 13.2 Å². The van der Waals surface area contributed by atoms with Crippen LogP contribution in [-0.2, 0) is 11.2 Å². The molecule has 0 bridgehead atoms. The van der Waals surface area contributed by atoms with E-state index < -0.39 is 6.04 Å². The van der Waals surface area contributed by atoms with Gasteiger partial charge in [-0.1, -0.05) is 18.2 Å². The summed E-state index contributed by atoms with van der Waals surface area (Å²) in [5.74, 6) is 0.732. The lowest BCUT2D eigenvalue weighted by atomic mass is 9.95. The first-order valence-electron chi connectivity index (χ1n) is 7.66. The summed E-state index contributed by atoms with van der Waals surface area (Å²) in [6.07, 6.45) is 0.512. The minimum Gasteiger partial charge on any atom is -0.497 e. The van der Waals surface area contributed by atoms with Crippen molar-refractivity contribution in [2.75, 3.05) is 19.1 Å². The zero-order chi connectivity index (χ0) is 17.0. The number of para-hydroxylation sites is 1. The summed E-state index contributed by atoms with van der Waals surface area (Å²) >= 11 is 0. The largest absolute Gasteiger partial charge is 0.497 e. The molecule has 0 aliphatic carbocycles. The molecular formula is C19H24N2O2. The van der Waals surface area contributed by atoms with Gasteiger partial charge in [0.2, 0.25) is 5.91 Å². The third kappa shape index (κ3) is 3.90. The van der Waals surface area contributed by atoms with Gasteiger partial charge in [-0.15, -0.1) is 0 Å². The van der Waals surface area contributed by atoms with Crippen LogP contribution >= 0.6 is 0 Å². The first-order chi connectivity index (χ1) is 10.9. The second kappa shape index (κ2) is 7.29. The van der Waals surface area contributed by atoms with E-state index >= 15 is 0 Å². The van der Waals surface area contributed by atoms with E-state index in [4.69, 9.17) is 10.5 Å². The van der Waals surface area contributed by atoms with Crippen molar-refractivity contribution in [3.05, 3.63) is 59.2 Å².